The number of nitrogens with one attached hydrogen (secondary N) is 3. The Bertz CT molecular complexity index is 1840. The van der Waals surface area contributed by atoms with Gasteiger partial charge in [0.1, 0.15) is 40.2 Å². The number of aldehydes is 2. The second-order valence-corrected chi connectivity index (χ2v) is 22.2. The van der Waals surface area contributed by atoms with Gasteiger partial charge >= 0.3 is 12.2 Å². The van der Waals surface area contributed by atoms with Gasteiger partial charge in [0.05, 0.1) is 24.3 Å². The number of nitrogens with two attached hydrogens (primary N) is 2. The lowest BCUT2D eigenvalue weighted by molar-refractivity contribution is -0.105. The highest BCUT2D eigenvalue weighted by molar-refractivity contribution is 9.93. The molecule has 0 unspecified atom stereocenters. The molecular weight excluding hydrogens is 1420 g/mol. The third kappa shape index (κ3) is 47.4. The first-order chi connectivity index (χ1) is 32.3. The number of nitrogens with zero attached hydrogens (tertiary/aromatic N) is 6. The lowest BCUT2D eigenvalue weighted by Crippen LogP contribution is -2.48. The summed E-state index contributed by atoms with van der Waals surface area (Å²) in [5, 5.41) is 20.5. The summed E-state index contributed by atoms with van der Waals surface area (Å²) in [5.41, 5.74) is 8.95. The summed E-state index contributed by atoms with van der Waals surface area (Å²) >= 11 is 39.0. The van der Waals surface area contributed by atoms with Crippen LogP contribution in [0.1, 0.15) is 98.6 Å². The molecule has 0 aliphatic heterocycles. The predicted molar refractivity (Wildman–Crippen MR) is 317 cm³/mol. The SMILES string of the molecule is BrBr.CC(C)(C)OC(=O)NC1(C(=N)N)CC1.CC(C)(C)OC(=O)NC1(c2ncc(Br)cn2)CC1.CCO.CN(C)/C=C(\Br)C=O.CN(C)/C=C/C=O.Cl.Cl.ClC(Cl)Cl.ClCCl.NC1(c2ncc(Br)cn2)CC1. The van der Waals surface area contributed by atoms with Crippen molar-refractivity contribution in [1.29, 1.82) is 5.41 Å². The molecule has 3 aliphatic rings. The van der Waals surface area contributed by atoms with Gasteiger partial charge in [0.15, 0.2) is 16.4 Å². The van der Waals surface area contributed by atoms with Crippen LogP contribution in [0.15, 0.2) is 56.7 Å². The van der Waals surface area contributed by atoms with Crippen LogP contribution in [0, 0.1) is 5.41 Å². The van der Waals surface area contributed by atoms with Crippen molar-refractivity contribution in [2.75, 3.05) is 40.1 Å². The molecule has 0 spiro atoms. The number of rotatable bonds is 9. The Morgan fingerprint density at radius 3 is 1.38 bits per heavy atom. The lowest BCUT2D eigenvalue weighted by Gasteiger charge is -2.22. The van der Waals surface area contributed by atoms with Crippen molar-refractivity contribution in [3.63, 3.8) is 0 Å². The number of aliphatic hydroxyl groups is 1. The Hall–Kier alpha value is -1.06. The number of amides is 2. The van der Waals surface area contributed by atoms with Crippen molar-refractivity contribution >= 4 is 189 Å². The largest absolute Gasteiger partial charge is 0.444 e. The van der Waals surface area contributed by atoms with E-state index in [-0.39, 0.29) is 48.1 Å². The normalized spacial score (nSPS) is 14.1. The molecule has 2 amide bonds. The number of hydrogen-bond donors (Lipinski definition) is 6. The number of amidine groups is 1. The highest BCUT2D eigenvalue weighted by atomic mass is 80.9. The van der Waals surface area contributed by atoms with Crippen molar-refractivity contribution in [3.8, 4) is 0 Å². The summed E-state index contributed by atoms with van der Waals surface area (Å²) in [6.45, 7) is 12.8. The summed E-state index contributed by atoms with van der Waals surface area (Å²) in [6, 6.07) is 0. The minimum absolute atomic E-state index is 0. The van der Waals surface area contributed by atoms with Crippen LogP contribution in [-0.2, 0) is 30.1 Å². The van der Waals surface area contributed by atoms with Crippen molar-refractivity contribution in [1.82, 2.24) is 40.4 Å². The summed E-state index contributed by atoms with van der Waals surface area (Å²) < 4.78 is 11.8. The average Bonchev–Trinajstić information content (AvgIpc) is 4.16. The van der Waals surface area contributed by atoms with Crippen LogP contribution in [0.25, 0.3) is 0 Å². The van der Waals surface area contributed by atoms with Crippen LogP contribution < -0.4 is 22.1 Å². The number of aromatic nitrogens is 4. The number of carbonyl (C=O) groups excluding carboxylic acids is 4. The number of carbonyl (C=O) groups is 4. The van der Waals surface area contributed by atoms with Gasteiger partial charge in [-0.2, -0.15) is 0 Å². The van der Waals surface area contributed by atoms with Crippen molar-refractivity contribution in [2.45, 2.75) is 119 Å². The number of halogens is 12. The number of aliphatic hydroxyl groups excluding tert-OH is 1. The van der Waals surface area contributed by atoms with Crippen molar-refractivity contribution in [2.24, 2.45) is 11.5 Å². The maximum atomic E-state index is 11.8. The highest BCUT2D eigenvalue weighted by Crippen LogP contribution is 2.44. The number of alkyl carbamates (subject to hydrolysis) is 2. The first kappa shape index (κ1) is 82.3. The van der Waals surface area contributed by atoms with Crippen LogP contribution >= 0.6 is 159 Å². The molecule has 2 aromatic rings. The number of hydrogen-bond acceptors (Lipinski definition) is 15. The topological polar surface area (TPSA) is 265 Å². The van der Waals surface area contributed by atoms with Gasteiger partial charge in [-0.05, 0) is 141 Å². The van der Waals surface area contributed by atoms with E-state index < -0.39 is 38.8 Å². The molecule has 0 saturated heterocycles. The Morgan fingerprint density at radius 1 is 0.806 bits per heavy atom. The molecule has 0 radical (unpaired) electrons. The molecule has 8 N–H and O–H groups in total. The van der Waals surface area contributed by atoms with Gasteiger partial charge in [-0.3, -0.25) is 15.0 Å². The van der Waals surface area contributed by atoms with E-state index >= 15 is 0 Å². The van der Waals surface area contributed by atoms with Crippen LogP contribution in [0.5, 0.6) is 0 Å². The van der Waals surface area contributed by atoms with Crippen LogP contribution in [0.3, 0.4) is 0 Å². The van der Waals surface area contributed by atoms with E-state index in [0.717, 1.165) is 65.9 Å². The minimum atomic E-state index is -0.750. The molecule has 2 aromatic heterocycles. The van der Waals surface area contributed by atoms with Gasteiger partial charge in [-0.1, -0.05) is 34.8 Å². The van der Waals surface area contributed by atoms with Crippen LogP contribution in [0.2, 0.25) is 0 Å². The summed E-state index contributed by atoms with van der Waals surface area (Å²) in [4.78, 5) is 62.9. The first-order valence-corrected chi connectivity index (χ1v) is 28.9. The summed E-state index contributed by atoms with van der Waals surface area (Å²) in [6.07, 6.45) is 17.4. The molecule has 3 aliphatic carbocycles. The van der Waals surface area contributed by atoms with E-state index in [9.17, 15) is 19.2 Å². The number of allylic oxidation sites excluding steroid dienone is 2. The fourth-order valence-corrected chi connectivity index (χ4v) is 4.90. The van der Waals surface area contributed by atoms with Gasteiger partial charge in [0.2, 0.25) is 0 Å². The Morgan fingerprint density at radius 2 is 1.15 bits per heavy atom. The fraction of sp³-hybridized carbons (Fsp3) is 0.595. The van der Waals surface area contributed by atoms with Crippen molar-refractivity contribution in [3.05, 3.63) is 68.3 Å². The van der Waals surface area contributed by atoms with E-state index in [1.165, 1.54) is 6.08 Å². The van der Waals surface area contributed by atoms with E-state index in [0.29, 0.717) is 10.3 Å². The molecular formula is C42H69Br5Cl7N11O7. The predicted octanol–water partition coefficient (Wildman–Crippen LogP) is 12.1. The Labute approximate surface area is 503 Å². The second kappa shape index (κ2) is 44.0. The monoisotopic (exact) mass is 1480 g/mol. The second-order valence-electron chi connectivity index (χ2n) is 16.6. The lowest BCUT2D eigenvalue weighted by atomic mass is 10.2. The average molecular weight is 1490 g/mol. The van der Waals surface area contributed by atoms with Gasteiger partial charge in [-0.15, -0.1) is 48.0 Å². The Kier molecular flexibility index (Phi) is 50.3. The molecule has 418 valence electrons. The molecule has 72 heavy (non-hydrogen) atoms. The van der Waals surface area contributed by atoms with Gasteiger partial charge in [0, 0.05) is 100 Å². The molecule has 2 heterocycles. The molecule has 0 atom stereocenters. The van der Waals surface area contributed by atoms with Crippen molar-refractivity contribution < 1.29 is 33.8 Å². The molecule has 0 aromatic carbocycles. The molecule has 0 bridgehead atoms. The van der Waals surface area contributed by atoms with E-state index in [2.05, 4.69) is 107 Å². The number of ether oxygens (including phenoxy) is 2. The third-order valence-corrected chi connectivity index (χ3v) is 8.57. The third-order valence-electron chi connectivity index (χ3n) is 7.36. The van der Waals surface area contributed by atoms with Gasteiger partial charge < -0.3 is 46.5 Å². The van der Waals surface area contributed by atoms with E-state index in [4.69, 9.17) is 89.5 Å². The van der Waals surface area contributed by atoms with E-state index in [1.807, 2.05) is 49.0 Å². The standard InChI is InChI=1S/C12H16BrN3O2.C9H17N3O2.C7H8BrN3.C5H8BrNO.C5H9NO.C2H6O.CHCl3.CH2Cl2.Br2.2ClH/c1-11(2,3)18-10(17)16-12(4-5-12)9-14-6-8(13)7-15-9;1-8(2,3)14-7(13)12-9(4-5-9)6(10)11;8-5-3-10-6(11-4-5)7(9)1-2-7;1-7(2)3-5(6)4-8;1-6(2)4-3-5-7;1-2-3;2-1(3)4;2-1-3;1-2;;/h6-7H,4-5H2,1-3H3,(H,16,17);4-5H2,1-3H3,(H3,10,11)(H,12,13);3-4H,1-2,9H2;3-4H,1-2H3;3-5H,1-2H3;3H,2H2,1H3;1H;1H2;;2*1H/b;;;5-3-;4-3+;;;;;;. The molecule has 5 rings (SSSR count). The zero-order chi connectivity index (χ0) is 55.5. The maximum absolute atomic E-state index is 11.8. The summed E-state index contributed by atoms with van der Waals surface area (Å²) in [5.74, 6) is 1.40. The fourth-order valence-electron chi connectivity index (χ4n) is 4.09. The zero-order valence-electron chi connectivity index (χ0n) is 41.8. The van der Waals surface area contributed by atoms with Crippen LogP contribution in [-0.4, -0.2) is 127 Å². The molecule has 30 heteroatoms. The minimum Gasteiger partial charge on any atom is -0.444 e. The first-order valence-electron chi connectivity index (χ1n) is 20.4. The van der Waals surface area contributed by atoms with Crippen LogP contribution in [0.4, 0.5) is 9.59 Å². The van der Waals surface area contributed by atoms with Gasteiger partial charge in [0.25, 0.3) is 0 Å². The number of alkyl halides is 5. The summed E-state index contributed by atoms with van der Waals surface area (Å²) in [7, 11) is 7.43. The molecule has 3 saturated carbocycles. The van der Waals surface area contributed by atoms with Gasteiger partial charge in [-0.25, -0.2) is 29.5 Å². The Balaban J connectivity index is -0.000000183. The van der Waals surface area contributed by atoms with E-state index in [1.54, 1.807) is 74.7 Å². The smallest absolute Gasteiger partial charge is 0.408 e. The maximum Gasteiger partial charge on any atom is 0.408 e. The highest BCUT2D eigenvalue weighted by Gasteiger charge is 2.50. The molecule has 3 fully saturated rings. The zero-order valence-corrected chi connectivity index (χ0v) is 55.1. The quantitative estimate of drug-likeness (QED) is 0.0448. The molecule has 18 nitrogen and oxygen atoms in total.